The Balaban J connectivity index is 1.74. The largest absolute Gasteiger partial charge is 0.279 e. The van der Waals surface area contributed by atoms with Crippen molar-refractivity contribution < 1.29 is 17.2 Å². The molecule has 30 heavy (non-hydrogen) atoms. The van der Waals surface area contributed by atoms with Gasteiger partial charge in [0.2, 0.25) is 0 Å². The number of pyridine rings is 1. The van der Waals surface area contributed by atoms with Gasteiger partial charge in [-0.05, 0) is 54.8 Å². The highest BCUT2D eigenvalue weighted by Crippen LogP contribution is 2.34. The third-order valence-corrected chi connectivity index (χ3v) is 7.10. The van der Waals surface area contributed by atoms with Gasteiger partial charge in [0.25, 0.3) is 10.0 Å². The van der Waals surface area contributed by atoms with Crippen LogP contribution in [0.2, 0.25) is 0 Å². The van der Waals surface area contributed by atoms with Crippen LogP contribution >= 0.6 is 11.3 Å². The number of aryl methyl sites for hydroxylation is 1. The third kappa shape index (κ3) is 3.78. The summed E-state index contributed by atoms with van der Waals surface area (Å²) in [6, 6.07) is 9.36. The molecule has 0 bridgehead atoms. The Morgan fingerprint density at radius 3 is 2.70 bits per heavy atom. The van der Waals surface area contributed by atoms with E-state index in [-0.39, 0.29) is 5.69 Å². The van der Waals surface area contributed by atoms with Gasteiger partial charge in [0, 0.05) is 11.8 Å². The van der Waals surface area contributed by atoms with Crippen LogP contribution in [-0.2, 0) is 16.4 Å². The summed E-state index contributed by atoms with van der Waals surface area (Å²) < 4.78 is 55.1. The lowest BCUT2D eigenvalue weighted by molar-refractivity contribution is 0.555. The van der Waals surface area contributed by atoms with Gasteiger partial charge in [-0.15, -0.1) is 0 Å². The smallest absolute Gasteiger partial charge is 0.264 e. The van der Waals surface area contributed by atoms with E-state index in [1.54, 1.807) is 19.1 Å². The second-order valence-corrected chi connectivity index (χ2v) is 9.33. The molecule has 0 saturated carbocycles. The maximum atomic E-state index is 14.0. The van der Waals surface area contributed by atoms with Crippen molar-refractivity contribution in [2.24, 2.45) is 0 Å². The first-order chi connectivity index (χ1) is 14.3. The summed E-state index contributed by atoms with van der Waals surface area (Å²) in [6.45, 7) is 3.78. The number of anilines is 1. The summed E-state index contributed by atoms with van der Waals surface area (Å²) in [5.41, 5.74) is 3.47. The lowest BCUT2D eigenvalue weighted by Crippen LogP contribution is -2.15. The summed E-state index contributed by atoms with van der Waals surface area (Å²) in [7, 11) is -4.32. The number of fused-ring (bicyclic) bond motifs is 1. The molecule has 0 aliphatic carbocycles. The fourth-order valence-corrected chi connectivity index (χ4v) is 5.22. The number of hydrogen-bond acceptors (Lipinski definition) is 5. The average Bonchev–Trinajstić information content (AvgIpc) is 3.14. The van der Waals surface area contributed by atoms with Gasteiger partial charge in [0.1, 0.15) is 31.9 Å². The van der Waals surface area contributed by atoms with Crippen LogP contribution in [0.25, 0.3) is 20.9 Å². The topological polar surface area (TPSA) is 72.0 Å². The average molecular weight is 446 g/mol. The molecular formula is C21H17F2N3O2S2. The quantitative estimate of drug-likeness (QED) is 0.452. The number of nitrogens with zero attached hydrogens (tertiary/aromatic N) is 2. The predicted octanol–water partition coefficient (Wildman–Crippen LogP) is 5.31. The van der Waals surface area contributed by atoms with E-state index in [4.69, 9.17) is 0 Å². The first kappa shape index (κ1) is 20.4. The van der Waals surface area contributed by atoms with Gasteiger partial charge < -0.3 is 0 Å². The van der Waals surface area contributed by atoms with Gasteiger partial charge in [0.15, 0.2) is 0 Å². The Hall–Kier alpha value is -2.91. The molecule has 0 radical (unpaired) electrons. The van der Waals surface area contributed by atoms with Gasteiger partial charge in [-0.25, -0.2) is 27.2 Å². The zero-order chi connectivity index (χ0) is 21.5. The van der Waals surface area contributed by atoms with Crippen molar-refractivity contribution in [3.63, 3.8) is 0 Å². The zero-order valence-corrected chi connectivity index (χ0v) is 17.7. The Kier molecular flexibility index (Phi) is 5.25. The summed E-state index contributed by atoms with van der Waals surface area (Å²) >= 11 is 1.40. The number of sulfonamides is 1. The van der Waals surface area contributed by atoms with Crippen molar-refractivity contribution >= 4 is 37.4 Å². The zero-order valence-electron chi connectivity index (χ0n) is 16.1. The summed E-state index contributed by atoms with van der Waals surface area (Å²) in [6.07, 6.45) is 2.66. The number of aromatic nitrogens is 2. The molecule has 0 spiro atoms. The van der Waals surface area contributed by atoms with Crippen LogP contribution in [0, 0.1) is 18.6 Å². The van der Waals surface area contributed by atoms with Gasteiger partial charge in [-0.3, -0.25) is 4.72 Å². The van der Waals surface area contributed by atoms with Crippen LogP contribution in [0.3, 0.4) is 0 Å². The van der Waals surface area contributed by atoms with Crippen LogP contribution in [0.5, 0.6) is 0 Å². The van der Waals surface area contributed by atoms with Gasteiger partial charge >= 0.3 is 0 Å². The SMILES string of the molecule is CCc1cnc2sc(-c3cccc(NS(=O)(=O)c4cc(F)ccc4F)c3C)nc2c1. The van der Waals surface area contributed by atoms with Gasteiger partial charge in [-0.2, -0.15) is 0 Å². The fourth-order valence-electron chi connectivity index (χ4n) is 3.03. The molecular weight excluding hydrogens is 428 g/mol. The first-order valence-electron chi connectivity index (χ1n) is 9.12. The lowest BCUT2D eigenvalue weighted by atomic mass is 10.1. The molecule has 4 rings (SSSR count). The molecule has 0 fully saturated rings. The predicted molar refractivity (Wildman–Crippen MR) is 114 cm³/mol. The molecule has 0 aliphatic rings. The highest BCUT2D eigenvalue weighted by Gasteiger charge is 2.22. The fraction of sp³-hybridized carbons (Fsp3) is 0.143. The molecule has 2 aromatic heterocycles. The second-order valence-electron chi connectivity index (χ2n) is 6.70. The van der Waals surface area contributed by atoms with E-state index in [0.717, 1.165) is 40.0 Å². The van der Waals surface area contributed by atoms with Crippen LogP contribution in [0.1, 0.15) is 18.1 Å². The summed E-state index contributed by atoms with van der Waals surface area (Å²) in [5, 5.41) is 0.696. The highest BCUT2D eigenvalue weighted by molar-refractivity contribution is 7.92. The van der Waals surface area contributed by atoms with Crippen molar-refractivity contribution in [2.45, 2.75) is 25.2 Å². The van der Waals surface area contributed by atoms with Crippen LogP contribution in [-0.4, -0.2) is 18.4 Å². The Morgan fingerprint density at radius 2 is 1.93 bits per heavy atom. The molecule has 5 nitrogen and oxygen atoms in total. The molecule has 0 atom stereocenters. The van der Waals surface area contributed by atoms with E-state index in [1.807, 2.05) is 25.3 Å². The van der Waals surface area contributed by atoms with Crippen molar-refractivity contribution in [3.05, 3.63) is 71.4 Å². The van der Waals surface area contributed by atoms with Crippen LogP contribution in [0.15, 0.2) is 53.6 Å². The molecule has 0 unspecified atom stereocenters. The monoisotopic (exact) mass is 445 g/mol. The molecule has 0 amide bonds. The van der Waals surface area contributed by atoms with E-state index in [1.165, 1.54) is 11.3 Å². The number of thiazole rings is 1. The van der Waals surface area contributed by atoms with E-state index < -0.39 is 26.6 Å². The Labute approximate surface area is 176 Å². The standard InChI is InChI=1S/C21H17F2N3O2S2/c1-3-13-9-18-21(24-11-13)29-20(25-18)15-5-4-6-17(12(15)2)26-30(27,28)19-10-14(22)7-8-16(19)23/h4-11,26H,3H2,1-2H3. The van der Waals surface area contributed by atoms with Crippen LogP contribution < -0.4 is 4.72 Å². The molecule has 4 aromatic rings. The number of nitrogens with one attached hydrogen (secondary N) is 1. The van der Waals surface area contributed by atoms with E-state index >= 15 is 0 Å². The van der Waals surface area contributed by atoms with Gasteiger partial charge in [0.05, 0.1) is 5.69 Å². The Morgan fingerprint density at radius 1 is 1.13 bits per heavy atom. The van der Waals surface area contributed by atoms with E-state index in [2.05, 4.69) is 14.7 Å². The van der Waals surface area contributed by atoms with Crippen molar-refractivity contribution in [2.75, 3.05) is 4.72 Å². The molecule has 0 saturated heterocycles. The molecule has 9 heteroatoms. The molecule has 154 valence electrons. The maximum Gasteiger partial charge on any atom is 0.264 e. The minimum atomic E-state index is -4.32. The number of halogens is 2. The molecule has 2 aromatic carbocycles. The second kappa shape index (κ2) is 7.73. The number of benzene rings is 2. The van der Waals surface area contributed by atoms with Crippen molar-refractivity contribution in [1.29, 1.82) is 0 Å². The van der Waals surface area contributed by atoms with Crippen LogP contribution in [0.4, 0.5) is 14.5 Å². The molecule has 2 heterocycles. The maximum absolute atomic E-state index is 14.0. The minimum Gasteiger partial charge on any atom is -0.279 e. The molecule has 1 N–H and O–H groups in total. The summed E-state index contributed by atoms with van der Waals surface area (Å²) in [4.78, 5) is 9.12. The van der Waals surface area contributed by atoms with E-state index in [9.17, 15) is 17.2 Å². The van der Waals surface area contributed by atoms with E-state index in [0.29, 0.717) is 16.6 Å². The lowest BCUT2D eigenvalue weighted by Gasteiger charge is -2.13. The first-order valence-corrected chi connectivity index (χ1v) is 11.4. The van der Waals surface area contributed by atoms with Crippen molar-refractivity contribution in [1.82, 2.24) is 9.97 Å². The number of rotatable bonds is 5. The minimum absolute atomic E-state index is 0.262. The number of hydrogen-bond donors (Lipinski definition) is 1. The normalized spacial score (nSPS) is 11.7. The Bertz CT molecular complexity index is 1370. The summed E-state index contributed by atoms with van der Waals surface area (Å²) in [5.74, 6) is -1.86. The van der Waals surface area contributed by atoms with Crippen molar-refractivity contribution in [3.8, 4) is 10.6 Å². The van der Waals surface area contributed by atoms with Gasteiger partial charge in [-0.1, -0.05) is 30.4 Å². The highest BCUT2D eigenvalue weighted by atomic mass is 32.2. The molecule has 0 aliphatic heterocycles. The third-order valence-electron chi connectivity index (χ3n) is 4.70.